The normalized spacial score (nSPS) is 22.4. The zero-order valence-corrected chi connectivity index (χ0v) is 21.8. The molecule has 0 amide bonds. The molecule has 35 heavy (non-hydrogen) atoms. The van der Waals surface area contributed by atoms with Crippen molar-refractivity contribution in [1.82, 2.24) is 4.90 Å². The summed E-state index contributed by atoms with van der Waals surface area (Å²) in [5.74, 6) is -0.724. The van der Waals surface area contributed by atoms with E-state index in [1.807, 2.05) is 31.7 Å². The summed E-state index contributed by atoms with van der Waals surface area (Å²) in [4.78, 5) is 15.5. The van der Waals surface area contributed by atoms with Crippen LogP contribution in [0.4, 0.5) is 4.39 Å². The Hall–Kier alpha value is -1.80. The molecule has 2 aliphatic rings. The molecule has 3 unspecified atom stereocenters. The van der Waals surface area contributed by atoms with E-state index in [0.29, 0.717) is 38.5 Å². The minimum Gasteiger partial charge on any atom is -0.459 e. The maximum Gasteiger partial charge on any atom is 0.328 e. The van der Waals surface area contributed by atoms with E-state index < -0.39 is 11.6 Å². The minimum atomic E-state index is -0.701. The monoisotopic (exact) mass is 491 g/mol. The molecule has 2 heterocycles. The molecule has 2 aliphatic heterocycles. The maximum absolute atomic E-state index is 14.6. The second-order valence-corrected chi connectivity index (χ2v) is 10.5. The Balaban J connectivity index is 1.78. The second-order valence-electron chi connectivity index (χ2n) is 10.5. The summed E-state index contributed by atoms with van der Waals surface area (Å²) < 4.78 is 37.7. The third kappa shape index (κ3) is 7.84. The van der Waals surface area contributed by atoms with Crippen LogP contribution in [0.5, 0.6) is 0 Å². The van der Waals surface area contributed by atoms with Crippen molar-refractivity contribution in [2.24, 2.45) is 0 Å². The average molecular weight is 492 g/mol. The SMILES string of the molecule is C=CCCCCCOC1CN(C(C(=O)OC(C)(C)C)c2cc(F)ccc2C2CCOCC2OC)C1. The molecule has 3 rings (SSSR count). The topological polar surface area (TPSA) is 57.2 Å². The van der Waals surface area contributed by atoms with Gasteiger partial charge in [0, 0.05) is 39.3 Å². The average Bonchev–Trinajstić information content (AvgIpc) is 2.78. The van der Waals surface area contributed by atoms with Crippen molar-refractivity contribution in [3.8, 4) is 0 Å². The minimum absolute atomic E-state index is 0.0122. The molecular weight excluding hydrogens is 449 g/mol. The van der Waals surface area contributed by atoms with Gasteiger partial charge in [-0.05, 0) is 69.7 Å². The highest BCUT2D eigenvalue weighted by molar-refractivity contribution is 5.79. The quantitative estimate of drug-likeness (QED) is 0.228. The standard InChI is InChI=1S/C28H42FNO5/c1-6-7-8-9-10-14-34-21-17-30(18-21)26(27(31)35-28(2,3)4)24-16-20(29)11-12-22(24)23-13-15-33-19-25(23)32-5/h6,11-12,16,21,23,25-26H,1,7-10,13-15,17-19H2,2-5H3. The number of halogens is 1. The predicted molar refractivity (Wildman–Crippen MR) is 134 cm³/mol. The number of rotatable bonds is 12. The molecule has 0 aliphatic carbocycles. The molecule has 1 aromatic rings. The van der Waals surface area contributed by atoms with Crippen LogP contribution in [0.25, 0.3) is 0 Å². The Labute approximate surface area is 209 Å². The van der Waals surface area contributed by atoms with Crippen LogP contribution >= 0.6 is 0 Å². The number of nitrogens with zero attached hydrogens (tertiary/aromatic N) is 1. The number of carbonyl (C=O) groups excluding carboxylic acids is 1. The molecule has 0 spiro atoms. The van der Waals surface area contributed by atoms with E-state index in [2.05, 4.69) is 6.58 Å². The molecular formula is C28H42FNO5. The summed E-state index contributed by atoms with van der Waals surface area (Å²) in [5, 5.41) is 0. The Morgan fingerprint density at radius 3 is 2.74 bits per heavy atom. The van der Waals surface area contributed by atoms with Crippen molar-refractivity contribution >= 4 is 5.97 Å². The lowest BCUT2D eigenvalue weighted by Gasteiger charge is -2.44. The first-order chi connectivity index (χ1) is 16.7. The van der Waals surface area contributed by atoms with E-state index in [4.69, 9.17) is 18.9 Å². The van der Waals surface area contributed by atoms with Gasteiger partial charge in [0.1, 0.15) is 17.5 Å². The largest absolute Gasteiger partial charge is 0.459 e. The van der Waals surface area contributed by atoms with E-state index in [1.165, 1.54) is 12.1 Å². The zero-order chi connectivity index (χ0) is 25.4. The summed E-state index contributed by atoms with van der Waals surface area (Å²) in [6, 6.07) is 4.04. The van der Waals surface area contributed by atoms with Crippen LogP contribution < -0.4 is 0 Å². The number of esters is 1. The Kier molecular flexibility index (Phi) is 10.3. The molecule has 1 aromatic carbocycles. The van der Waals surface area contributed by atoms with Gasteiger partial charge in [0.15, 0.2) is 0 Å². The zero-order valence-electron chi connectivity index (χ0n) is 21.8. The first kappa shape index (κ1) is 27.8. The van der Waals surface area contributed by atoms with Crippen LogP contribution in [0.2, 0.25) is 0 Å². The molecule has 2 saturated heterocycles. The van der Waals surface area contributed by atoms with Gasteiger partial charge in [-0.3, -0.25) is 4.90 Å². The number of unbranched alkanes of at least 4 members (excludes halogenated alkanes) is 3. The Morgan fingerprint density at radius 2 is 2.06 bits per heavy atom. The maximum atomic E-state index is 14.6. The fourth-order valence-electron chi connectivity index (χ4n) is 4.85. The van der Waals surface area contributed by atoms with Gasteiger partial charge in [-0.2, -0.15) is 0 Å². The highest BCUT2D eigenvalue weighted by atomic mass is 19.1. The van der Waals surface area contributed by atoms with Crippen molar-refractivity contribution in [1.29, 1.82) is 0 Å². The molecule has 0 N–H and O–H groups in total. The smallest absolute Gasteiger partial charge is 0.328 e. The van der Waals surface area contributed by atoms with E-state index >= 15 is 0 Å². The number of likely N-dealkylation sites (tertiary alicyclic amines) is 1. The fraction of sp³-hybridized carbons (Fsp3) is 0.679. The summed E-state index contributed by atoms with van der Waals surface area (Å²) in [6.45, 7) is 12.3. The molecule has 3 atom stereocenters. The molecule has 6 nitrogen and oxygen atoms in total. The van der Waals surface area contributed by atoms with E-state index in [-0.39, 0.29) is 29.9 Å². The first-order valence-corrected chi connectivity index (χ1v) is 12.8. The van der Waals surface area contributed by atoms with Crippen LogP contribution in [0, 0.1) is 5.82 Å². The number of carbonyl (C=O) groups is 1. The van der Waals surface area contributed by atoms with E-state index in [9.17, 15) is 9.18 Å². The van der Waals surface area contributed by atoms with Crippen LogP contribution in [-0.2, 0) is 23.7 Å². The second kappa shape index (κ2) is 12.9. The highest BCUT2D eigenvalue weighted by Crippen LogP contribution is 2.38. The van der Waals surface area contributed by atoms with Gasteiger partial charge in [-0.15, -0.1) is 6.58 Å². The Bertz CT molecular complexity index is 833. The Morgan fingerprint density at radius 1 is 1.29 bits per heavy atom. The van der Waals surface area contributed by atoms with Gasteiger partial charge in [0.25, 0.3) is 0 Å². The lowest BCUT2D eigenvalue weighted by atomic mass is 9.83. The van der Waals surface area contributed by atoms with Crippen molar-refractivity contribution in [2.75, 3.05) is 40.0 Å². The van der Waals surface area contributed by atoms with Crippen LogP contribution in [0.1, 0.15) is 76.0 Å². The number of ether oxygens (including phenoxy) is 4. The molecule has 7 heteroatoms. The number of benzene rings is 1. The molecule has 196 valence electrons. The van der Waals surface area contributed by atoms with Crippen LogP contribution in [0.15, 0.2) is 30.9 Å². The highest BCUT2D eigenvalue weighted by Gasteiger charge is 2.42. The third-order valence-corrected chi connectivity index (χ3v) is 6.63. The van der Waals surface area contributed by atoms with Crippen molar-refractivity contribution in [2.45, 2.75) is 82.6 Å². The van der Waals surface area contributed by atoms with Crippen LogP contribution in [0.3, 0.4) is 0 Å². The van der Waals surface area contributed by atoms with Gasteiger partial charge in [-0.1, -0.05) is 18.6 Å². The third-order valence-electron chi connectivity index (χ3n) is 6.63. The fourth-order valence-corrected chi connectivity index (χ4v) is 4.85. The van der Waals surface area contributed by atoms with Gasteiger partial charge in [-0.25, -0.2) is 9.18 Å². The van der Waals surface area contributed by atoms with E-state index in [0.717, 1.165) is 37.7 Å². The summed E-state index contributed by atoms with van der Waals surface area (Å²) >= 11 is 0. The molecule has 0 bridgehead atoms. The summed E-state index contributed by atoms with van der Waals surface area (Å²) in [5.41, 5.74) is 0.919. The molecule has 0 saturated carbocycles. The van der Waals surface area contributed by atoms with Crippen molar-refractivity contribution in [3.63, 3.8) is 0 Å². The van der Waals surface area contributed by atoms with E-state index in [1.54, 1.807) is 13.2 Å². The number of hydrogen-bond acceptors (Lipinski definition) is 6. The molecule has 2 fully saturated rings. The number of hydrogen-bond donors (Lipinski definition) is 0. The van der Waals surface area contributed by atoms with Gasteiger partial charge in [0.2, 0.25) is 0 Å². The number of allylic oxidation sites excluding steroid dienone is 1. The lowest BCUT2D eigenvalue weighted by molar-refractivity contribution is -0.168. The van der Waals surface area contributed by atoms with Crippen LogP contribution in [-0.4, -0.2) is 68.7 Å². The van der Waals surface area contributed by atoms with Gasteiger partial charge < -0.3 is 18.9 Å². The van der Waals surface area contributed by atoms with Crippen molar-refractivity contribution < 1.29 is 28.1 Å². The van der Waals surface area contributed by atoms with Gasteiger partial charge >= 0.3 is 5.97 Å². The first-order valence-electron chi connectivity index (χ1n) is 12.8. The lowest BCUT2D eigenvalue weighted by Crippen LogP contribution is -2.56. The van der Waals surface area contributed by atoms with Gasteiger partial charge in [0.05, 0.1) is 18.8 Å². The molecule has 0 radical (unpaired) electrons. The van der Waals surface area contributed by atoms with Crippen molar-refractivity contribution in [3.05, 3.63) is 47.8 Å². The predicted octanol–water partition coefficient (Wildman–Crippen LogP) is 5.17. The number of methoxy groups -OCH3 is 1. The summed E-state index contributed by atoms with van der Waals surface area (Å²) in [7, 11) is 1.66. The summed E-state index contributed by atoms with van der Waals surface area (Å²) in [6.07, 6.45) is 6.88. The molecule has 0 aromatic heterocycles.